The number of benzene rings is 1. The van der Waals surface area contributed by atoms with Crippen LogP contribution in [0.25, 0.3) is 5.69 Å². The molecule has 11 heteroatoms. The number of hydrogen-bond acceptors (Lipinski definition) is 5. The van der Waals surface area contributed by atoms with Crippen LogP contribution < -0.4 is 15.4 Å². The van der Waals surface area contributed by atoms with Crippen LogP contribution in [0.4, 0.5) is 15.0 Å². The molecule has 0 aliphatic heterocycles. The van der Waals surface area contributed by atoms with Crippen molar-refractivity contribution < 1.29 is 17.6 Å². The van der Waals surface area contributed by atoms with E-state index in [1.54, 1.807) is 6.07 Å². The third kappa shape index (κ3) is 4.75. The molecule has 0 aliphatic rings. The first-order valence-electron chi connectivity index (χ1n) is 7.07. The molecule has 2 amide bonds. The average Bonchev–Trinajstić information content (AvgIpc) is 3.02. The van der Waals surface area contributed by atoms with Gasteiger partial charge in [-0.1, -0.05) is 6.07 Å². The second-order valence-electron chi connectivity index (χ2n) is 4.80. The van der Waals surface area contributed by atoms with Gasteiger partial charge in [-0.25, -0.2) is 27.0 Å². The first kappa shape index (κ1) is 18.4. The summed E-state index contributed by atoms with van der Waals surface area (Å²) in [5.74, 6) is -0.782. The molecule has 0 saturated carbocycles. The predicted molar refractivity (Wildman–Crippen MR) is 88.1 cm³/mol. The highest BCUT2D eigenvalue weighted by molar-refractivity contribution is 7.89. The molecule has 0 saturated heterocycles. The van der Waals surface area contributed by atoms with E-state index in [4.69, 9.17) is 5.26 Å². The van der Waals surface area contributed by atoms with Gasteiger partial charge in [-0.3, -0.25) is 5.32 Å². The Kier molecular flexibility index (Phi) is 5.68. The van der Waals surface area contributed by atoms with Crippen LogP contribution in [0.5, 0.6) is 0 Å². The number of carbonyl (C=O) groups is 1. The summed E-state index contributed by atoms with van der Waals surface area (Å²) in [6.07, 6.45) is 1.46. The molecule has 132 valence electrons. The number of hydrogen-bond donors (Lipinski definition) is 3. The fourth-order valence-corrected chi connectivity index (χ4v) is 2.48. The van der Waals surface area contributed by atoms with Crippen molar-refractivity contribution in [3.63, 3.8) is 0 Å². The lowest BCUT2D eigenvalue weighted by molar-refractivity contribution is 0.252. The van der Waals surface area contributed by atoms with Gasteiger partial charge in [-0.15, -0.1) is 5.10 Å². The highest BCUT2D eigenvalue weighted by Gasteiger charge is 2.12. The number of aromatic nitrogens is 2. The summed E-state index contributed by atoms with van der Waals surface area (Å²) in [5.41, 5.74) is 0.0648. The van der Waals surface area contributed by atoms with Gasteiger partial charge >= 0.3 is 6.03 Å². The standard InChI is InChI=1S/C14H15FN6O3S/c1-17-25(23,24)8-6-18-14(22)19-13-5-7-21(20-13)12-4-2-3-11(15)10(12)9-16/h2-5,7,17H,6,8H2,1H3,(H2,18,19,20,22). The number of halogens is 1. The van der Waals surface area contributed by atoms with E-state index < -0.39 is 21.9 Å². The van der Waals surface area contributed by atoms with Crippen molar-refractivity contribution in [1.82, 2.24) is 19.8 Å². The third-order valence-electron chi connectivity index (χ3n) is 3.15. The number of sulfonamides is 1. The van der Waals surface area contributed by atoms with Crippen LogP contribution in [0, 0.1) is 17.1 Å². The number of nitrogens with zero attached hydrogens (tertiary/aromatic N) is 3. The second-order valence-corrected chi connectivity index (χ2v) is 6.84. The maximum Gasteiger partial charge on any atom is 0.320 e. The Balaban J connectivity index is 2.02. The van der Waals surface area contributed by atoms with Crippen LogP contribution in [-0.2, 0) is 10.0 Å². The average molecular weight is 366 g/mol. The van der Waals surface area contributed by atoms with Gasteiger partial charge < -0.3 is 5.32 Å². The Morgan fingerprint density at radius 2 is 2.16 bits per heavy atom. The lowest BCUT2D eigenvalue weighted by Crippen LogP contribution is -2.35. The molecule has 0 radical (unpaired) electrons. The van der Waals surface area contributed by atoms with E-state index in [2.05, 4.69) is 20.5 Å². The first-order valence-corrected chi connectivity index (χ1v) is 8.72. The van der Waals surface area contributed by atoms with Gasteiger partial charge in [0.2, 0.25) is 10.0 Å². The first-order chi connectivity index (χ1) is 11.9. The Hall–Kier alpha value is -2.97. The molecule has 1 aromatic heterocycles. The predicted octanol–water partition coefficient (Wildman–Crippen LogP) is 0.554. The number of nitriles is 1. The third-order valence-corrected chi connectivity index (χ3v) is 4.51. The Bertz CT molecular complexity index is 919. The van der Waals surface area contributed by atoms with Crippen molar-refractivity contribution in [1.29, 1.82) is 5.26 Å². The van der Waals surface area contributed by atoms with Crippen LogP contribution in [0.1, 0.15) is 5.56 Å². The molecule has 0 atom stereocenters. The largest absolute Gasteiger partial charge is 0.337 e. The molecule has 1 aromatic carbocycles. The molecule has 0 aliphatic carbocycles. The smallest absolute Gasteiger partial charge is 0.320 e. The molecule has 0 unspecified atom stereocenters. The van der Waals surface area contributed by atoms with Crippen molar-refractivity contribution >= 4 is 21.9 Å². The summed E-state index contributed by atoms with van der Waals surface area (Å²) in [7, 11) is -2.13. The Labute approximate surface area is 143 Å². The molecule has 1 heterocycles. The number of nitrogens with one attached hydrogen (secondary N) is 3. The molecule has 0 spiro atoms. The van der Waals surface area contributed by atoms with Gasteiger partial charge in [0.1, 0.15) is 17.4 Å². The highest BCUT2D eigenvalue weighted by Crippen LogP contribution is 2.17. The molecule has 3 N–H and O–H groups in total. The summed E-state index contributed by atoms with van der Waals surface area (Å²) in [4.78, 5) is 11.7. The van der Waals surface area contributed by atoms with Gasteiger partial charge in [0.15, 0.2) is 5.82 Å². The Morgan fingerprint density at radius 1 is 1.40 bits per heavy atom. The van der Waals surface area contributed by atoms with Crippen LogP contribution >= 0.6 is 0 Å². The van der Waals surface area contributed by atoms with E-state index in [-0.39, 0.29) is 29.4 Å². The van der Waals surface area contributed by atoms with E-state index in [1.165, 1.54) is 36.1 Å². The lowest BCUT2D eigenvalue weighted by Gasteiger charge is -2.06. The summed E-state index contributed by atoms with van der Waals surface area (Å²) in [5, 5.41) is 17.9. The number of carbonyl (C=O) groups excluding carboxylic acids is 1. The summed E-state index contributed by atoms with van der Waals surface area (Å²) >= 11 is 0. The number of rotatable bonds is 6. The molecule has 2 rings (SSSR count). The van der Waals surface area contributed by atoms with Crippen molar-refractivity contribution in [2.24, 2.45) is 0 Å². The maximum atomic E-state index is 13.6. The summed E-state index contributed by atoms with van der Waals surface area (Å²) < 4.78 is 39.5. The van der Waals surface area contributed by atoms with Crippen molar-refractivity contribution in [3.05, 3.63) is 41.8 Å². The normalized spacial score (nSPS) is 10.9. The quantitative estimate of drug-likeness (QED) is 0.688. The van der Waals surface area contributed by atoms with E-state index in [0.29, 0.717) is 0 Å². The topological polar surface area (TPSA) is 129 Å². The van der Waals surface area contributed by atoms with Gasteiger partial charge in [-0.05, 0) is 19.2 Å². The van der Waals surface area contributed by atoms with Crippen LogP contribution in [0.15, 0.2) is 30.5 Å². The number of urea groups is 1. The minimum Gasteiger partial charge on any atom is -0.337 e. The minimum atomic E-state index is -3.41. The molecule has 2 aromatic rings. The van der Waals surface area contributed by atoms with Crippen LogP contribution in [0.3, 0.4) is 0 Å². The maximum absolute atomic E-state index is 13.6. The summed E-state index contributed by atoms with van der Waals surface area (Å²) in [6, 6.07) is 6.69. The fraction of sp³-hybridized carbons (Fsp3) is 0.214. The monoisotopic (exact) mass is 366 g/mol. The molecular weight excluding hydrogens is 351 g/mol. The van der Waals surface area contributed by atoms with E-state index in [1.807, 2.05) is 0 Å². The van der Waals surface area contributed by atoms with Crippen LogP contribution in [0.2, 0.25) is 0 Å². The van der Waals surface area contributed by atoms with E-state index >= 15 is 0 Å². The van der Waals surface area contributed by atoms with Gasteiger partial charge in [0.25, 0.3) is 0 Å². The summed E-state index contributed by atoms with van der Waals surface area (Å²) in [6.45, 7) is -0.0851. The molecule has 0 fully saturated rings. The molecular formula is C14H15FN6O3S. The highest BCUT2D eigenvalue weighted by atomic mass is 32.2. The fourth-order valence-electron chi connectivity index (χ4n) is 1.90. The van der Waals surface area contributed by atoms with Crippen LogP contribution in [-0.4, -0.2) is 43.6 Å². The van der Waals surface area contributed by atoms with E-state index in [0.717, 1.165) is 6.07 Å². The van der Waals surface area contributed by atoms with Crippen molar-refractivity contribution in [2.45, 2.75) is 0 Å². The minimum absolute atomic E-state index is 0.0851. The number of amides is 2. The Morgan fingerprint density at radius 3 is 2.84 bits per heavy atom. The molecule has 25 heavy (non-hydrogen) atoms. The van der Waals surface area contributed by atoms with Crippen molar-refractivity contribution in [2.75, 3.05) is 24.7 Å². The van der Waals surface area contributed by atoms with Gasteiger partial charge in [-0.2, -0.15) is 5.26 Å². The number of anilines is 1. The van der Waals surface area contributed by atoms with Gasteiger partial charge in [0, 0.05) is 18.8 Å². The zero-order chi connectivity index (χ0) is 18.4. The van der Waals surface area contributed by atoms with Crippen molar-refractivity contribution in [3.8, 4) is 11.8 Å². The second kappa shape index (κ2) is 7.73. The SMILES string of the molecule is CNS(=O)(=O)CCNC(=O)Nc1ccn(-c2cccc(F)c2C#N)n1. The lowest BCUT2D eigenvalue weighted by atomic mass is 10.2. The molecule has 9 nitrogen and oxygen atoms in total. The van der Waals surface area contributed by atoms with Gasteiger partial charge in [0.05, 0.1) is 11.4 Å². The zero-order valence-electron chi connectivity index (χ0n) is 13.2. The van der Waals surface area contributed by atoms with E-state index in [9.17, 15) is 17.6 Å². The zero-order valence-corrected chi connectivity index (χ0v) is 14.0. The molecule has 0 bridgehead atoms.